The topological polar surface area (TPSA) is 142 Å². The van der Waals surface area contributed by atoms with Crippen molar-refractivity contribution in [1.29, 1.82) is 0 Å². The number of halogens is 1. The molecule has 0 saturated heterocycles. The molecule has 2 heterocycles. The van der Waals surface area contributed by atoms with Gasteiger partial charge in [0.2, 0.25) is 0 Å². The molecule has 0 amide bonds. The molecular formula is C18H15FN2O7. The Morgan fingerprint density at radius 3 is 2.68 bits per heavy atom. The highest BCUT2D eigenvalue weighted by Gasteiger charge is 2.30. The minimum Gasteiger partial charge on any atom is -0.491 e. The number of nitrogens with zero attached hydrogens (tertiary/aromatic N) is 2. The molecular weight excluding hydrogens is 375 g/mol. The van der Waals surface area contributed by atoms with E-state index in [-0.39, 0.29) is 35.9 Å². The number of hydrogen-bond acceptors (Lipinski definition) is 6. The summed E-state index contributed by atoms with van der Waals surface area (Å²) in [7, 11) is 0. The quantitative estimate of drug-likeness (QED) is 0.558. The van der Waals surface area contributed by atoms with E-state index in [0.29, 0.717) is 0 Å². The van der Waals surface area contributed by atoms with E-state index in [1.807, 2.05) is 0 Å². The first kappa shape index (κ1) is 19.3. The van der Waals surface area contributed by atoms with Crippen molar-refractivity contribution in [2.75, 3.05) is 13.2 Å². The molecule has 1 unspecified atom stereocenters. The number of fused-ring (bicyclic) bond motifs is 3. The predicted molar refractivity (Wildman–Crippen MR) is 91.6 cm³/mol. The molecule has 0 fully saturated rings. The van der Waals surface area contributed by atoms with Crippen LogP contribution in [0.15, 0.2) is 12.1 Å². The van der Waals surface area contributed by atoms with Gasteiger partial charge in [0.05, 0.1) is 24.3 Å². The van der Waals surface area contributed by atoms with Gasteiger partial charge >= 0.3 is 11.9 Å². The average molecular weight is 390 g/mol. The minimum absolute atomic E-state index is 0.00617. The van der Waals surface area contributed by atoms with Crippen molar-refractivity contribution in [2.45, 2.75) is 19.1 Å². The van der Waals surface area contributed by atoms with Crippen molar-refractivity contribution in [3.05, 3.63) is 34.9 Å². The molecule has 0 radical (unpaired) electrons. The highest BCUT2D eigenvalue weighted by Crippen LogP contribution is 2.35. The number of carbonyl (C=O) groups is 2. The zero-order valence-corrected chi connectivity index (χ0v) is 14.6. The van der Waals surface area contributed by atoms with Crippen molar-refractivity contribution in [2.24, 2.45) is 0 Å². The van der Waals surface area contributed by atoms with Crippen LogP contribution in [0.2, 0.25) is 0 Å². The SMILES string of the molecule is CC(O)(C#Cc1cc2c(cc1F)OCCn1c-2nc(C(=O)O)c1C(=O)O)CO. The highest BCUT2D eigenvalue weighted by atomic mass is 19.1. The maximum Gasteiger partial charge on any atom is 0.357 e. The van der Waals surface area contributed by atoms with Crippen molar-refractivity contribution in [3.63, 3.8) is 0 Å². The standard InChI is InChI=1S/C18H15FN2O7/c1-18(27,8-22)3-2-9-6-10-12(7-11(9)19)28-5-4-21-14(17(25)26)13(16(23)24)20-15(10)21/h6-7,22,27H,4-5,8H2,1H3,(H,23,24)(H,25,26). The van der Waals surface area contributed by atoms with Gasteiger partial charge in [-0.25, -0.2) is 19.0 Å². The van der Waals surface area contributed by atoms with Gasteiger partial charge in [0.25, 0.3) is 0 Å². The van der Waals surface area contributed by atoms with E-state index in [1.54, 1.807) is 0 Å². The van der Waals surface area contributed by atoms with Crippen molar-refractivity contribution >= 4 is 11.9 Å². The van der Waals surface area contributed by atoms with Gasteiger partial charge < -0.3 is 29.7 Å². The van der Waals surface area contributed by atoms with Crippen molar-refractivity contribution < 1.29 is 39.1 Å². The van der Waals surface area contributed by atoms with Gasteiger partial charge in [-0.2, -0.15) is 0 Å². The fourth-order valence-electron chi connectivity index (χ4n) is 2.68. The summed E-state index contributed by atoms with van der Waals surface area (Å²) in [5, 5.41) is 37.5. The van der Waals surface area contributed by atoms with E-state index in [2.05, 4.69) is 16.8 Å². The number of carboxylic acid groups (broad SMARTS) is 2. The summed E-state index contributed by atoms with van der Waals surface area (Å²) in [6, 6.07) is 2.25. The lowest BCUT2D eigenvalue weighted by molar-refractivity contribution is 0.0518. The molecule has 1 atom stereocenters. The summed E-state index contributed by atoms with van der Waals surface area (Å²) in [5.41, 5.74) is -2.92. The van der Waals surface area contributed by atoms with Crippen LogP contribution in [0.3, 0.4) is 0 Å². The molecule has 9 nitrogen and oxygen atoms in total. The summed E-state index contributed by atoms with van der Waals surface area (Å²) in [6.45, 7) is 0.548. The van der Waals surface area contributed by atoms with Gasteiger partial charge in [-0.3, -0.25) is 0 Å². The van der Waals surface area contributed by atoms with Gasteiger partial charge in [0.1, 0.15) is 29.6 Å². The number of aliphatic hydroxyl groups excluding tert-OH is 1. The number of imidazole rings is 1. The van der Waals surface area contributed by atoms with E-state index in [4.69, 9.17) is 9.84 Å². The van der Waals surface area contributed by atoms with Crippen molar-refractivity contribution in [1.82, 2.24) is 9.55 Å². The number of carboxylic acids is 2. The first-order valence-corrected chi connectivity index (χ1v) is 8.05. The lowest BCUT2D eigenvalue weighted by Crippen LogP contribution is -2.26. The summed E-state index contributed by atoms with van der Waals surface area (Å²) < 4.78 is 21.0. The third-order valence-electron chi connectivity index (χ3n) is 4.03. The number of ether oxygens (including phenoxy) is 1. The Balaban J connectivity index is 2.24. The zero-order valence-electron chi connectivity index (χ0n) is 14.6. The molecule has 0 spiro atoms. The molecule has 0 bridgehead atoms. The fourth-order valence-corrected chi connectivity index (χ4v) is 2.68. The van der Waals surface area contributed by atoms with Crippen LogP contribution in [-0.2, 0) is 6.54 Å². The molecule has 3 rings (SSSR count). The van der Waals surface area contributed by atoms with Crippen LogP contribution < -0.4 is 4.74 Å². The Bertz CT molecular complexity index is 1050. The normalized spacial score (nSPS) is 14.4. The molecule has 0 aliphatic carbocycles. The summed E-state index contributed by atoms with van der Waals surface area (Å²) in [4.78, 5) is 26.9. The Kier molecular flexibility index (Phi) is 4.80. The summed E-state index contributed by atoms with van der Waals surface area (Å²) >= 11 is 0. The smallest absolute Gasteiger partial charge is 0.357 e. The monoisotopic (exact) mass is 390 g/mol. The second-order valence-corrected chi connectivity index (χ2v) is 6.25. The first-order chi connectivity index (χ1) is 13.1. The number of aromatic carboxylic acids is 2. The van der Waals surface area contributed by atoms with E-state index in [9.17, 15) is 29.3 Å². The van der Waals surface area contributed by atoms with E-state index >= 15 is 0 Å². The molecule has 10 heteroatoms. The van der Waals surface area contributed by atoms with Gasteiger partial charge in [0.15, 0.2) is 11.4 Å². The molecule has 146 valence electrons. The van der Waals surface area contributed by atoms with E-state index < -0.39 is 41.4 Å². The third kappa shape index (κ3) is 3.40. The van der Waals surface area contributed by atoms with Gasteiger partial charge in [-0.15, -0.1) is 0 Å². The maximum atomic E-state index is 14.4. The largest absolute Gasteiger partial charge is 0.491 e. The lowest BCUT2D eigenvalue weighted by Gasteiger charge is -2.11. The molecule has 2 aromatic rings. The Morgan fingerprint density at radius 1 is 1.36 bits per heavy atom. The van der Waals surface area contributed by atoms with Crippen LogP contribution in [0.25, 0.3) is 11.4 Å². The first-order valence-electron chi connectivity index (χ1n) is 8.05. The predicted octanol–water partition coefficient (Wildman–Crippen LogP) is 0.573. The fraction of sp³-hybridized carbons (Fsp3) is 0.278. The van der Waals surface area contributed by atoms with Gasteiger partial charge in [-0.05, 0) is 13.0 Å². The Labute approximate surface area is 157 Å². The molecule has 1 aromatic heterocycles. The molecule has 1 aliphatic heterocycles. The van der Waals surface area contributed by atoms with Crippen LogP contribution in [-0.4, -0.2) is 60.7 Å². The number of aliphatic hydroxyl groups is 2. The van der Waals surface area contributed by atoms with Crippen molar-refractivity contribution in [3.8, 4) is 29.0 Å². The number of benzene rings is 1. The van der Waals surface area contributed by atoms with Gasteiger partial charge in [-0.1, -0.05) is 11.8 Å². The zero-order chi connectivity index (χ0) is 20.6. The average Bonchev–Trinajstić information content (AvgIpc) is 2.93. The third-order valence-corrected chi connectivity index (χ3v) is 4.03. The van der Waals surface area contributed by atoms with Crippen LogP contribution in [0.1, 0.15) is 33.5 Å². The number of rotatable bonds is 3. The van der Waals surface area contributed by atoms with E-state index in [1.165, 1.54) is 17.6 Å². The lowest BCUT2D eigenvalue weighted by atomic mass is 10.1. The molecule has 0 saturated carbocycles. The van der Waals surface area contributed by atoms with Crippen LogP contribution in [0, 0.1) is 17.7 Å². The summed E-state index contributed by atoms with van der Waals surface area (Å²) in [6.07, 6.45) is 0. The second-order valence-electron chi connectivity index (χ2n) is 6.25. The number of aromatic nitrogens is 2. The van der Waals surface area contributed by atoms with Gasteiger partial charge in [0, 0.05) is 6.07 Å². The van der Waals surface area contributed by atoms with Crippen LogP contribution in [0.4, 0.5) is 4.39 Å². The second kappa shape index (κ2) is 6.95. The van der Waals surface area contributed by atoms with E-state index in [0.717, 1.165) is 6.07 Å². The Hall–Kier alpha value is -3.42. The number of hydrogen-bond donors (Lipinski definition) is 4. The van der Waals surface area contributed by atoms with Crippen LogP contribution >= 0.6 is 0 Å². The molecule has 1 aromatic carbocycles. The highest BCUT2D eigenvalue weighted by molar-refractivity contribution is 6.00. The Morgan fingerprint density at radius 2 is 2.07 bits per heavy atom. The molecule has 4 N–H and O–H groups in total. The minimum atomic E-state index is -1.75. The summed E-state index contributed by atoms with van der Waals surface area (Å²) in [5.74, 6) is 1.02. The maximum absolute atomic E-state index is 14.4. The molecule has 28 heavy (non-hydrogen) atoms. The molecule has 1 aliphatic rings. The van der Waals surface area contributed by atoms with Crippen LogP contribution in [0.5, 0.6) is 5.75 Å².